The molecule has 1 aliphatic rings. The van der Waals surface area contributed by atoms with Crippen molar-refractivity contribution >= 4 is 17.5 Å². The van der Waals surface area contributed by atoms with E-state index in [2.05, 4.69) is 5.32 Å². The van der Waals surface area contributed by atoms with Gasteiger partial charge >= 0.3 is 0 Å². The van der Waals surface area contributed by atoms with Crippen LogP contribution in [0.1, 0.15) is 17.9 Å². The molecule has 1 amide bonds. The second kappa shape index (κ2) is 3.58. The van der Waals surface area contributed by atoms with Gasteiger partial charge in [0.1, 0.15) is 5.82 Å². The third kappa shape index (κ3) is 1.73. The number of carbonyl (C=O) groups is 1. The summed E-state index contributed by atoms with van der Waals surface area (Å²) in [5.41, 5.74) is 0.563. The Bertz CT molecular complexity index is 380. The number of rotatable bonds is 1. The predicted octanol–water partition coefficient (Wildman–Crippen LogP) is 2.08. The molecule has 0 radical (unpaired) electrons. The molecule has 1 N–H and O–H groups in total. The van der Waals surface area contributed by atoms with E-state index in [1.54, 1.807) is 12.1 Å². The van der Waals surface area contributed by atoms with Gasteiger partial charge in [0.15, 0.2) is 0 Å². The monoisotopic (exact) mass is 213 g/mol. The molecule has 1 fully saturated rings. The molecule has 0 aromatic heterocycles. The zero-order valence-corrected chi connectivity index (χ0v) is 8.14. The SMILES string of the molecule is O=C1C[C@H](c2ccc(Cl)cc2F)CN1. The number of hydrogen-bond acceptors (Lipinski definition) is 1. The Morgan fingerprint density at radius 2 is 2.29 bits per heavy atom. The molecule has 0 aliphatic carbocycles. The fourth-order valence-corrected chi connectivity index (χ4v) is 1.82. The van der Waals surface area contributed by atoms with Gasteiger partial charge in [0.25, 0.3) is 0 Å². The summed E-state index contributed by atoms with van der Waals surface area (Å²) in [6.45, 7) is 0.511. The molecule has 1 heterocycles. The van der Waals surface area contributed by atoms with E-state index in [1.807, 2.05) is 0 Å². The van der Waals surface area contributed by atoms with E-state index in [9.17, 15) is 9.18 Å². The number of amides is 1. The van der Waals surface area contributed by atoms with E-state index in [4.69, 9.17) is 11.6 Å². The number of benzene rings is 1. The third-order valence-electron chi connectivity index (χ3n) is 2.38. The van der Waals surface area contributed by atoms with Crippen molar-refractivity contribution in [2.24, 2.45) is 0 Å². The number of nitrogens with one attached hydrogen (secondary N) is 1. The first-order chi connectivity index (χ1) is 6.66. The minimum atomic E-state index is -0.334. The van der Waals surface area contributed by atoms with Gasteiger partial charge in [0.05, 0.1) is 0 Å². The lowest BCUT2D eigenvalue weighted by atomic mass is 9.98. The highest BCUT2D eigenvalue weighted by atomic mass is 35.5. The fraction of sp³-hybridized carbons (Fsp3) is 0.300. The Labute approximate surface area is 86.1 Å². The summed E-state index contributed by atoms with van der Waals surface area (Å²) in [6.07, 6.45) is 0.360. The Morgan fingerprint density at radius 1 is 1.50 bits per heavy atom. The zero-order chi connectivity index (χ0) is 10.1. The van der Waals surface area contributed by atoms with Crippen molar-refractivity contribution in [1.29, 1.82) is 0 Å². The summed E-state index contributed by atoms with van der Waals surface area (Å²) < 4.78 is 13.4. The van der Waals surface area contributed by atoms with E-state index in [-0.39, 0.29) is 17.6 Å². The van der Waals surface area contributed by atoms with Crippen LogP contribution in [0.5, 0.6) is 0 Å². The summed E-state index contributed by atoms with van der Waals surface area (Å²) in [7, 11) is 0. The number of halogens is 2. The average Bonchev–Trinajstić information content (AvgIpc) is 2.51. The van der Waals surface area contributed by atoms with Crippen LogP contribution in [-0.4, -0.2) is 12.5 Å². The van der Waals surface area contributed by atoms with Crippen molar-refractivity contribution in [2.75, 3.05) is 6.54 Å². The molecule has 1 aliphatic heterocycles. The molecule has 0 saturated carbocycles. The van der Waals surface area contributed by atoms with Crippen LogP contribution in [0.3, 0.4) is 0 Å². The summed E-state index contributed by atoms with van der Waals surface area (Å²) in [4.78, 5) is 10.9. The van der Waals surface area contributed by atoms with Crippen LogP contribution in [0, 0.1) is 5.82 Å². The van der Waals surface area contributed by atoms with Crippen LogP contribution in [0.2, 0.25) is 5.02 Å². The van der Waals surface area contributed by atoms with E-state index in [0.29, 0.717) is 23.6 Å². The van der Waals surface area contributed by atoms with Crippen molar-refractivity contribution in [2.45, 2.75) is 12.3 Å². The lowest BCUT2D eigenvalue weighted by molar-refractivity contribution is -0.119. The standard InChI is InChI=1S/C10H9ClFNO/c11-7-1-2-8(9(12)4-7)6-3-10(14)13-5-6/h1-2,4,6H,3,5H2,(H,13,14)/t6-/m0/s1. The maximum Gasteiger partial charge on any atom is 0.220 e. The van der Waals surface area contributed by atoms with Crippen LogP contribution in [0.25, 0.3) is 0 Å². The minimum absolute atomic E-state index is 0.0237. The normalized spacial score (nSPS) is 21.0. The lowest BCUT2D eigenvalue weighted by Crippen LogP contribution is -2.13. The average molecular weight is 214 g/mol. The first-order valence-electron chi connectivity index (χ1n) is 4.38. The smallest absolute Gasteiger partial charge is 0.220 e. The summed E-state index contributed by atoms with van der Waals surface area (Å²) in [5.74, 6) is -0.414. The Balaban J connectivity index is 2.28. The van der Waals surface area contributed by atoms with E-state index in [0.717, 1.165) is 0 Å². The highest BCUT2D eigenvalue weighted by molar-refractivity contribution is 6.30. The van der Waals surface area contributed by atoms with Gasteiger partial charge in [-0.25, -0.2) is 4.39 Å². The number of hydrogen-bond donors (Lipinski definition) is 1. The van der Waals surface area contributed by atoms with Crippen LogP contribution in [0.4, 0.5) is 4.39 Å². The summed E-state index contributed by atoms with van der Waals surface area (Å²) in [6, 6.07) is 4.56. The van der Waals surface area contributed by atoms with Crippen LogP contribution in [-0.2, 0) is 4.79 Å². The molecular weight excluding hydrogens is 205 g/mol. The topological polar surface area (TPSA) is 29.1 Å². The largest absolute Gasteiger partial charge is 0.355 e. The molecule has 4 heteroatoms. The molecule has 74 valence electrons. The van der Waals surface area contributed by atoms with Crippen LogP contribution in [0.15, 0.2) is 18.2 Å². The zero-order valence-electron chi connectivity index (χ0n) is 7.39. The number of carbonyl (C=O) groups excluding carboxylic acids is 1. The molecule has 1 atom stereocenters. The molecule has 0 unspecified atom stereocenters. The molecule has 1 saturated heterocycles. The first-order valence-corrected chi connectivity index (χ1v) is 4.76. The molecule has 14 heavy (non-hydrogen) atoms. The second-order valence-electron chi connectivity index (χ2n) is 3.37. The predicted molar refractivity (Wildman–Crippen MR) is 51.8 cm³/mol. The quantitative estimate of drug-likeness (QED) is 0.761. The fourth-order valence-electron chi connectivity index (χ4n) is 1.66. The summed E-state index contributed by atoms with van der Waals surface area (Å²) in [5, 5.41) is 3.05. The van der Waals surface area contributed by atoms with E-state index >= 15 is 0 Å². The highest BCUT2D eigenvalue weighted by Crippen LogP contribution is 2.26. The van der Waals surface area contributed by atoms with Gasteiger partial charge in [-0.15, -0.1) is 0 Å². The molecule has 1 aromatic carbocycles. The van der Waals surface area contributed by atoms with Crippen LogP contribution >= 0.6 is 11.6 Å². The van der Waals surface area contributed by atoms with Gasteiger partial charge in [-0.2, -0.15) is 0 Å². The second-order valence-corrected chi connectivity index (χ2v) is 3.81. The maximum atomic E-state index is 13.4. The molecule has 2 nitrogen and oxygen atoms in total. The minimum Gasteiger partial charge on any atom is -0.355 e. The van der Waals surface area contributed by atoms with E-state index in [1.165, 1.54) is 6.07 Å². The van der Waals surface area contributed by atoms with E-state index < -0.39 is 0 Å². The first kappa shape index (κ1) is 9.46. The van der Waals surface area contributed by atoms with Gasteiger partial charge < -0.3 is 5.32 Å². The van der Waals surface area contributed by atoms with Crippen molar-refractivity contribution in [3.8, 4) is 0 Å². The molecule has 0 bridgehead atoms. The van der Waals surface area contributed by atoms with Crippen molar-refractivity contribution in [3.05, 3.63) is 34.6 Å². The molecule has 2 rings (SSSR count). The molecule has 1 aromatic rings. The summed E-state index contributed by atoms with van der Waals surface area (Å²) >= 11 is 5.63. The van der Waals surface area contributed by atoms with Gasteiger partial charge in [-0.1, -0.05) is 17.7 Å². The Morgan fingerprint density at radius 3 is 2.86 bits per heavy atom. The maximum absolute atomic E-state index is 13.4. The third-order valence-corrected chi connectivity index (χ3v) is 2.61. The van der Waals surface area contributed by atoms with Crippen molar-refractivity contribution in [1.82, 2.24) is 5.32 Å². The van der Waals surface area contributed by atoms with Gasteiger partial charge in [0.2, 0.25) is 5.91 Å². The van der Waals surface area contributed by atoms with Crippen molar-refractivity contribution in [3.63, 3.8) is 0 Å². The Kier molecular flexibility index (Phi) is 2.42. The highest BCUT2D eigenvalue weighted by Gasteiger charge is 2.25. The van der Waals surface area contributed by atoms with Gasteiger partial charge in [-0.3, -0.25) is 4.79 Å². The van der Waals surface area contributed by atoms with Crippen molar-refractivity contribution < 1.29 is 9.18 Å². The Hall–Kier alpha value is -1.09. The molecule has 0 spiro atoms. The lowest BCUT2D eigenvalue weighted by Gasteiger charge is -2.08. The van der Waals surface area contributed by atoms with Gasteiger partial charge in [-0.05, 0) is 17.7 Å². The van der Waals surface area contributed by atoms with Crippen LogP contribution < -0.4 is 5.32 Å². The molecular formula is C10H9ClFNO. The van der Waals surface area contributed by atoms with Gasteiger partial charge in [0, 0.05) is 23.9 Å².